The Kier molecular flexibility index (Phi) is 6.35. The molecule has 25 heavy (non-hydrogen) atoms. The van der Waals surface area contributed by atoms with Crippen molar-refractivity contribution in [2.75, 3.05) is 51.1 Å². The lowest BCUT2D eigenvalue weighted by atomic mass is 10.2. The third kappa shape index (κ3) is 5.18. The predicted octanol–water partition coefficient (Wildman–Crippen LogP) is 0.865. The molecule has 0 bridgehead atoms. The highest BCUT2D eigenvalue weighted by Gasteiger charge is 2.25. The largest absolute Gasteiger partial charge is 0.481 e. The number of carbonyl (C=O) groups excluding carboxylic acids is 3. The first-order chi connectivity index (χ1) is 11.9. The molecular formula is C17H23N3O5. The summed E-state index contributed by atoms with van der Waals surface area (Å²) in [5.41, 5.74) is 1.24. The number of nitrogens with one attached hydrogen (secondary N) is 1. The number of anilines is 2. The summed E-state index contributed by atoms with van der Waals surface area (Å²) in [5, 5.41) is 2.71. The van der Waals surface area contributed by atoms with Crippen molar-refractivity contribution in [2.24, 2.45) is 0 Å². The third-order valence-electron chi connectivity index (χ3n) is 3.74. The van der Waals surface area contributed by atoms with Gasteiger partial charge in [0.15, 0.2) is 6.61 Å². The van der Waals surface area contributed by atoms with Gasteiger partial charge in [-0.15, -0.1) is 0 Å². The number of amides is 2. The van der Waals surface area contributed by atoms with E-state index in [1.807, 2.05) is 19.0 Å². The van der Waals surface area contributed by atoms with Crippen LogP contribution in [0.4, 0.5) is 11.4 Å². The molecule has 0 radical (unpaired) electrons. The summed E-state index contributed by atoms with van der Waals surface area (Å²) >= 11 is 0. The Labute approximate surface area is 146 Å². The van der Waals surface area contributed by atoms with E-state index in [4.69, 9.17) is 4.74 Å². The second kappa shape index (κ2) is 8.48. The number of likely N-dealkylation sites (N-methyl/N-ethyl adjacent to an activating group) is 1. The molecule has 0 saturated heterocycles. The molecule has 1 aliphatic heterocycles. The van der Waals surface area contributed by atoms with Crippen LogP contribution in [-0.4, -0.2) is 63.6 Å². The molecule has 1 heterocycles. The molecule has 2 rings (SSSR count). The van der Waals surface area contributed by atoms with Crippen molar-refractivity contribution in [1.82, 2.24) is 4.90 Å². The fraction of sp³-hybridized carbons (Fsp3) is 0.471. The molecule has 8 nitrogen and oxygen atoms in total. The lowest BCUT2D eigenvalue weighted by Crippen LogP contribution is -2.42. The van der Waals surface area contributed by atoms with Crippen molar-refractivity contribution in [2.45, 2.75) is 12.8 Å². The van der Waals surface area contributed by atoms with Crippen molar-refractivity contribution < 1.29 is 23.9 Å². The lowest BCUT2D eigenvalue weighted by molar-refractivity contribution is -0.141. The number of fused-ring (bicyclic) bond motifs is 1. The minimum atomic E-state index is -0.432. The second-order valence-electron chi connectivity index (χ2n) is 5.94. The molecular weight excluding hydrogens is 326 g/mol. The molecule has 0 spiro atoms. The van der Waals surface area contributed by atoms with Gasteiger partial charge < -0.3 is 24.6 Å². The van der Waals surface area contributed by atoms with Crippen LogP contribution in [0.1, 0.15) is 12.8 Å². The van der Waals surface area contributed by atoms with Crippen LogP contribution >= 0.6 is 0 Å². The third-order valence-corrected chi connectivity index (χ3v) is 3.74. The van der Waals surface area contributed by atoms with Crippen LogP contribution in [0, 0.1) is 0 Å². The van der Waals surface area contributed by atoms with Gasteiger partial charge in [0.2, 0.25) is 5.91 Å². The van der Waals surface area contributed by atoms with E-state index >= 15 is 0 Å². The molecule has 8 heteroatoms. The molecule has 1 aromatic rings. The quantitative estimate of drug-likeness (QED) is 0.735. The maximum Gasteiger partial charge on any atom is 0.306 e. The summed E-state index contributed by atoms with van der Waals surface area (Å²) in [4.78, 5) is 38.7. The van der Waals surface area contributed by atoms with Crippen molar-refractivity contribution in [3.63, 3.8) is 0 Å². The number of esters is 1. The summed E-state index contributed by atoms with van der Waals surface area (Å²) in [5.74, 6) is -0.269. The van der Waals surface area contributed by atoms with Crippen LogP contribution in [0.25, 0.3) is 0 Å². The fourth-order valence-electron chi connectivity index (χ4n) is 2.37. The minimum absolute atomic E-state index is 0.0244. The topological polar surface area (TPSA) is 88.2 Å². The number of hydrogen-bond acceptors (Lipinski definition) is 6. The van der Waals surface area contributed by atoms with Gasteiger partial charge >= 0.3 is 5.97 Å². The molecule has 0 unspecified atom stereocenters. The lowest BCUT2D eigenvalue weighted by Gasteiger charge is -2.30. The summed E-state index contributed by atoms with van der Waals surface area (Å²) in [6.45, 7) is 1.27. The van der Waals surface area contributed by atoms with Crippen LogP contribution in [0.3, 0.4) is 0 Å². The van der Waals surface area contributed by atoms with Crippen molar-refractivity contribution in [3.8, 4) is 5.75 Å². The Morgan fingerprint density at radius 2 is 2.08 bits per heavy atom. The first kappa shape index (κ1) is 18.7. The minimum Gasteiger partial charge on any atom is -0.481 e. The van der Waals surface area contributed by atoms with Crippen LogP contribution in [0.2, 0.25) is 0 Å². The number of methoxy groups -OCH3 is 1. The highest BCUT2D eigenvalue weighted by Crippen LogP contribution is 2.34. The van der Waals surface area contributed by atoms with E-state index in [-0.39, 0.29) is 31.3 Å². The van der Waals surface area contributed by atoms with Crippen LogP contribution in [-0.2, 0) is 19.1 Å². The smallest absolute Gasteiger partial charge is 0.306 e. The number of hydrogen-bond donors (Lipinski definition) is 1. The van der Waals surface area contributed by atoms with Gasteiger partial charge in [0.25, 0.3) is 5.91 Å². The van der Waals surface area contributed by atoms with Gasteiger partial charge in [-0.3, -0.25) is 14.4 Å². The summed E-state index contributed by atoms with van der Waals surface area (Å²) in [6.07, 6.45) is 0.0641. The van der Waals surface area contributed by atoms with E-state index in [1.165, 1.54) is 7.11 Å². The Morgan fingerprint density at radius 1 is 1.32 bits per heavy atom. The van der Waals surface area contributed by atoms with Crippen molar-refractivity contribution >= 4 is 29.2 Å². The van der Waals surface area contributed by atoms with Gasteiger partial charge in [0, 0.05) is 31.3 Å². The molecule has 136 valence electrons. The number of nitrogens with zero attached hydrogens (tertiary/aromatic N) is 2. The Bertz CT molecular complexity index is 660. The zero-order chi connectivity index (χ0) is 18.4. The number of ether oxygens (including phenoxy) is 2. The Balaban J connectivity index is 2.04. The average molecular weight is 349 g/mol. The maximum atomic E-state index is 12.1. The monoisotopic (exact) mass is 349 g/mol. The van der Waals surface area contributed by atoms with Gasteiger partial charge in [-0.25, -0.2) is 0 Å². The van der Waals surface area contributed by atoms with Gasteiger partial charge in [-0.1, -0.05) is 0 Å². The van der Waals surface area contributed by atoms with Gasteiger partial charge in [0.05, 0.1) is 19.2 Å². The second-order valence-corrected chi connectivity index (χ2v) is 5.94. The number of benzene rings is 1. The van der Waals surface area contributed by atoms with E-state index in [1.54, 1.807) is 23.1 Å². The highest BCUT2D eigenvalue weighted by molar-refractivity contribution is 5.99. The van der Waals surface area contributed by atoms with E-state index in [0.717, 1.165) is 6.54 Å². The maximum absolute atomic E-state index is 12.1. The molecule has 0 aromatic heterocycles. The zero-order valence-electron chi connectivity index (χ0n) is 14.7. The van der Waals surface area contributed by atoms with E-state index in [0.29, 0.717) is 23.7 Å². The Hall–Kier alpha value is -2.61. The van der Waals surface area contributed by atoms with E-state index in [2.05, 4.69) is 10.1 Å². The van der Waals surface area contributed by atoms with Crippen molar-refractivity contribution in [3.05, 3.63) is 18.2 Å². The van der Waals surface area contributed by atoms with Crippen LogP contribution in [0.15, 0.2) is 18.2 Å². The van der Waals surface area contributed by atoms with E-state index in [9.17, 15) is 14.4 Å². The predicted molar refractivity (Wildman–Crippen MR) is 92.7 cm³/mol. The fourth-order valence-corrected chi connectivity index (χ4v) is 2.37. The van der Waals surface area contributed by atoms with Gasteiger partial charge in [-0.05, 0) is 26.2 Å². The molecule has 1 aliphatic rings. The van der Waals surface area contributed by atoms with Gasteiger partial charge in [0.1, 0.15) is 5.75 Å². The summed E-state index contributed by atoms with van der Waals surface area (Å²) < 4.78 is 9.99. The summed E-state index contributed by atoms with van der Waals surface area (Å²) in [7, 11) is 5.17. The molecule has 0 atom stereocenters. The first-order valence-electron chi connectivity index (χ1n) is 7.99. The first-order valence-corrected chi connectivity index (χ1v) is 7.99. The van der Waals surface area contributed by atoms with Crippen LogP contribution in [0.5, 0.6) is 5.75 Å². The average Bonchev–Trinajstić information content (AvgIpc) is 2.58. The Morgan fingerprint density at radius 3 is 2.76 bits per heavy atom. The highest BCUT2D eigenvalue weighted by atomic mass is 16.5. The number of carbonyl (C=O) groups is 3. The molecule has 0 fully saturated rings. The summed E-state index contributed by atoms with van der Waals surface area (Å²) in [6, 6.07) is 5.14. The number of rotatable bonds is 7. The molecule has 2 amide bonds. The molecule has 1 N–H and O–H groups in total. The van der Waals surface area contributed by atoms with Crippen LogP contribution < -0.4 is 15.0 Å². The van der Waals surface area contributed by atoms with Crippen molar-refractivity contribution in [1.29, 1.82) is 0 Å². The molecule has 1 aromatic carbocycles. The van der Waals surface area contributed by atoms with E-state index < -0.39 is 5.97 Å². The standard InChI is InChI=1S/C17H23N3O5/c1-19(2)8-9-20-13-5-4-12(10-14(13)25-11-16(20)22)18-15(21)6-7-17(23)24-3/h4-5,10H,6-9,11H2,1-3H3,(H,18,21). The molecule has 0 aliphatic carbocycles. The zero-order valence-corrected chi connectivity index (χ0v) is 14.7. The molecule has 0 saturated carbocycles. The SMILES string of the molecule is COC(=O)CCC(=O)Nc1ccc2c(c1)OCC(=O)N2CCN(C)C. The normalized spacial score (nSPS) is 13.3. The van der Waals surface area contributed by atoms with Gasteiger partial charge in [-0.2, -0.15) is 0 Å².